The van der Waals surface area contributed by atoms with Gasteiger partial charge >= 0.3 is 5.97 Å². The van der Waals surface area contributed by atoms with Crippen molar-refractivity contribution in [3.63, 3.8) is 0 Å². The van der Waals surface area contributed by atoms with Crippen LogP contribution in [-0.4, -0.2) is 64.9 Å². The minimum atomic E-state index is -3.54. The number of aromatic amines is 1. The summed E-state index contributed by atoms with van der Waals surface area (Å²) >= 11 is 0. The lowest BCUT2D eigenvalue weighted by atomic mass is 9.88. The molecule has 0 bridgehead atoms. The van der Waals surface area contributed by atoms with Crippen LogP contribution in [-0.2, 0) is 32.5 Å². The van der Waals surface area contributed by atoms with Crippen molar-refractivity contribution in [2.75, 3.05) is 18.8 Å². The molecule has 10 heteroatoms. The summed E-state index contributed by atoms with van der Waals surface area (Å²) in [6.07, 6.45) is 8.29. The molecule has 188 valence electrons. The van der Waals surface area contributed by atoms with Crippen LogP contribution in [0.4, 0.5) is 0 Å². The third-order valence-corrected chi connectivity index (χ3v) is 9.65. The highest BCUT2D eigenvalue weighted by Gasteiger charge is 2.48. The van der Waals surface area contributed by atoms with E-state index in [1.807, 2.05) is 18.2 Å². The number of sulfonamides is 1. The van der Waals surface area contributed by atoms with Crippen molar-refractivity contribution in [3.8, 4) is 0 Å². The first kappa shape index (κ1) is 24.0. The molecular formula is C25H32N4O5S. The van der Waals surface area contributed by atoms with Crippen LogP contribution in [0.5, 0.6) is 0 Å². The lowest BCUT2D eigenvalue weighted by Gasteiger charge is -2.34. The van der Waals surface area contributed by atoms with Gasteiger partial charge in [0.05, 0.1) is 12.2 Å². The number of fused-ring (bicyclic) bond motifs is 1. The number of carbonyl (C=O) groups is 2. The second-order valence-corrected chi connectivity index (χ2v) is 12.1. The Balaban J connectivity index is 1.25. The molecule has 2 aromatic rings. The molecule has 2 aliphatic heterocycles. The standard InChI is InChI=1S/C25H32N4O5S/c30-21(31)15-19-16-26-20-8-4-7-17(22(19)20)9-14-35(33,34)29-12-10-25(11-13-29)24(32)27-23(28-25)18-5-2-1-3-6-18/h4,7-8,16,18,26H,1-3,5-6,9-15H2,(H,30,31)(H,27,28,32). The first-order valence-electron chi connectivity index (χ1n) is 12.5. The predicted octanol–water partition coefficient (Wildman–Crippen LogP) is 2.61. The van der Waals surface area contributed by atoms with E-state index in [9.17, 15) is 23.1 Å². The van der Waals surface area contributed by atoms with E-state index in [-0.39, 0.29) is 37.6 Å². The molecule has 0 unspecified atom stereocenters. The van der Waals surface area contributed by atoms with E-state index < -0.39 is 21.5 Å². The number of carboxylic acid groups (broad SMARTS) is 1. The van der Waals surface area contributed by atoms with Crippen LogP contribution in [0, 0.1) is 5.92 Å². The average molecular weight is 501 g/mol. The highest BCUT2D eigenvalue weighted by atomic mass is 32.2. The minimum Gasteiger partial charge on any atom is -0.481 e. The van der Waals surface area contributed by atoms with E-state index >= 15 is 0 Å². The molecule has 5 rings (SSSR count). The Bertz CT molecular complexity index is 1270. The van der Waals surface area contributed by atoms with Gasteiger partial charge in [0.25, 0.3) is 5.91 Å². The normalized spacial score (nSPS) is 21.4. The number of hydrogen-bond acceptors (Lipinski definition) is 5. The van der Waals surface area contributed by atoms with Crippen LogP contribution < -0.4 is 5.32 Å². The van der Waals surface area contributed by atoms with Crippen LogP contribution in [0.1, 0.15) is 56.1 Å². The summed E-state index contributed by atoms with van der Waals surface area (Å²) in [7, 11) is -3.54. The number of aryl methyl sites for hydroxylation is 1. The van der Waals surface area contributed by atoms with E-state index in [1.165, 1.54) is 10.7 Å². The van der Waals surface area contributed by atoms with E-state index in [4.69, 9.17) is 4.99 Å². The Labute approximate surface area is 205 Å². The summed E-state index contributed by atoms with van der Waals surface area (Å²) < 4.78 is 27.8. The number of aromatic nitrogens is 1. The quantitative estimate of drug-likeness (QED) is 0.538. The van der Waals surface area contributed by atoms with Crippen LogP contribution in [0.3, 0.4) is 0 Å². The van der Waals surface area contributed by atoms with Gasteiger partial charge in [0.15, 0.2) is 0 Å². The molecule has 2 fully saturated rings. The average Bonchev–Trinajstić information content (AvgIpc) is 3.39. The van der Waals surface area contributed by atoms with Crippen LogP contribution >= 0.6 is 0 Å². The first-order chi connectivity index (χ1) is 16.8. The fraction of sp³-hybridized carbons (Fsp3) is 0.560. The molecule has 9 nitrogen and oxygen atoms in total. The van der Waals surface area contributed by atoms with Crippen molar-refractivity contribution in [1.29, 1.82) is 0 Å². The summed E-state index contributed by atoms with van der Waals surface area (Å²) in [5, 5.41) is 13.0. The zero-order valence-corrected chi connectivity index (χ0v) is 20.6. The van der Waals surface area contributed by atoms with Crippen molar-refractivity contribution in [3.05, 3.63) is 35.5 Å². The third kappa shape index (κ3) is 4.73. The zero-order valence-electron chi connectivity index (χ0n) is 19.8. The molecule has 1 spiro atoms. The fourth-order valence-electron chi connectivity index (χ4n) is 5.80. The largest absolute Gasteiger partial charge is 0.481 e. The lowest BCUT2D eigenvalue weighted by Crippen LogP contribution is -2.51. The number of carboxylic acids is 1. The number of aliphatic imine (C=N–C) groups is 1. The van der Waals surface area contributed by atoms with Crippen LogP contribution in [0.25, 0.3) is 10.9 Å². The van der Waals surface area contributed by atoms with Crippen molar-refractivity contribution in [2.24, 2.45) is 10.9 Å². The molecule has 0 radical (unpaired) electrons. The topological polar surface area (TPSA) is 132 Å². The second kappa shape index (κ2) is 9.39. The molecule has 1 aromatic heterocycles. The number of piperidine rings is 1. The molecule has 35 heavy (non-hydrogen) atoms. The Morgan fingerprint density at radius 1 is 1.14 bits per heavy atom. The Kier molecular flexibility index (Phi) is 6.43. The second-order valence-electron chi connectivity index (χ2n) is 10.0. The van der Waals surface area contributed by atoms with E-state index in [1.54, 1.807) is 6.20 Å². The minimum absolute atomic E-state index is 0.0698. The maximum atomic E-state index is 13.2. The molecule has 3 aliphatic rings. The number of nitrogens with one attached hydrogen (secondary N) is 2. The SMILES string of the molecule is O=C(O)Cc1c[nH]c2cccc(CCS(=O)(=O)N3CCC4(CC3)N=C(C3CCCCC3)NC4=O)c12. The lowest BCUT2D eigenvalue weighted by molar-refractivity contribution is -0.136. The van der Waals surface area contributed by atoms with E-state index in [0.29, 0.717) is 24.3 Å². The highest BCUT2D eigenvalue weighted by molar-refractivity contribution is 7.89. The van der Waals surface area contributed by atoms with Gasteiger partial charge in [-0.3, -0.25) is 14.6 Å². The molecule has 1 saturated carbocycles. The third-order valence-electron chi connectivity index (χ3n) is 7.78. The molecule has 0 atom stereocenters. The monoisotopic (exact) mass is 500 g/mol. The molecule has 1 aliphatic carbocycles. The predicted molar refractivity (Wildman–Crippen MR) is 133 cm³/mol. The number of amides is 1. The molecule has 1 amide bonds. The summed E-state index contributed by atoms with van der Waals surface area (Å²) in [5.74, 6) is 0.0411. The Morgan fingerprint density at radius 3 is 2.60 bits per heavy atom. The zero-order chi connectivity index (χ0) is 24.6. The van der Waals surface area contributed by atoms with Gasteiger partial charge in [-0.1, -0.05) is 31.4 Å². The summed E-state index contributed by atoms with van der Waals surface area (Å²) in [4.78, 5) is 32.0. The Hall–Kier alpha value is -2.72. The maximum Gasteiger partial charge on any atom is 0.307 e. The van der Waals surface area contributed by atoms with Crippen molar-refractivity contribution in [2.45, 2.75) is 63.3 Å². The fourth-order valence-corrected chi connectivity index (χ4v) is 7.27. The van der Waals surface area contributed by atoms with Crippen LogP contribution in [0.15, 0.2) is 29.4 Å². The van der Waals surface area contributed by atoms with Gasteiger partial charge in [-0.25, -0.2) is 12.7 Å². The van der Waals surface area contributed by atoms with E-state index in [0.717, 1.165) is 48.0 Å². The number of aliphatic carboxylic acids is 1. The van der Waals surface area contributed by atoms with Gasteiger partial charge in [-0.15, -0.1) is 0 Å². The summed E-state index contributed by atoms with van der Waals surface area (Å²) in [6, 6.07) is 5.56. The summed E-state index contributed by atoms with van der Waals surface area (Å²) in [6.45, 7) is 0.547. The number of carbonyl (C=O) groups excluding carboxylic acids is 1. The maximum absolute atomic E-state index is 13.2. The van der Waals surface area contributed by atoms with Crippen LogP contribution in [0.2, 0.25) is 0 Å². The molecule has 1 saturated heterocycles. The summed E-state index contributed by atoms with van der Waals surface area (Å²) in [5.41, 5.74) is 1.43. The molecule has 3 N–H and O–H groups in total. The van der Waals surface area contributed by atoms with Crippen molar-refractivity contribution < 1.29 is 23.1 Å². The van der Waals surface area contributed by atoms with E-state index in [2.05, 4.69) is 10.3 Å². The molecular weight excluding hydrogens is 468 g/mol. The molecule has 3 heterocycles. The van der Waals surface area contributed by atoms with Gasteiger partial charge in [0.2, 0.25) is 10.0 Å². The highest BCUT2D eigenvalue weighted by Crippen LogP contribution is 2.35. The smallest absolute Gasteiger partial charge is 0.307 e. The van der Waals surface area contributed by atoms with Crippen molar-refractivity contribution in [1.82, 2.24) is 14.6 Å². The van der Waals surface area contributed by atoms with Gasteiger partial charge in [0, 0.05) is 36.1 Å². The van der Waals surface area contributed by atoms with Gasteiger partial charge in [-0.05, 0) is 49.3 Å². The first-order valence-corrected chi connectivity index (χ1v) is 14.1. The number of nitrogens with zero attached hydrogens (tertiary/aromatic N) is 2. The number of hydrogen-bond donors (Lipinski definition) is 3. The number of H-pyrrole nitrogens is 1. The van der Waals surface area contributed by atoms with Crippen molar-refractivity contribution >= 4 is 38.6 Å². The number of rotatable bonds is 7. The van der Waals surface area contributed by atoms with Gasteiger partial charge in [-0.2, -0.15) is 0 Å². The molecule has 1 aromatic carbocycles. The number of amidine groups is 1. The van der Waals surface area contributed by atoms with Gasteiger partial charge < -0.3 is 15.4 Å². The number of benzene rings is 1. The Morgan fingerprint density at radius 2 is 1.89 bits per heavy atom. The van der Waals surface area contributed by atoms with Gasteiger partial charge in [0.1, 0.15) is 11.4 Å².